The number of aryl methyl sites for hydroxylation is 1. The zero-order valence-electron chi connectivity index (χ0n) is 10.1. The van der Waals surface area contributed by atoms with E-state index in [0.29, 0.717) is 5.82 Å². The van der Waals surface area contributed by atoms with E-state index < -0.39 is 0 Å². The molecule has 0 aliphatic rings. The molecule has 4 heteroatoms. The molecule has 1 aromatic heterocycles. The highest BCUT2D eigenvalue weighted by molar-refractivity contribution is 5.88. The summed E-state index contributed by atoms with van der Waals surface area (Å²) in [6.07, 6.45) is 3.55. The number of hydrogen-bond acceptors (Lipinski definition) is 2. The van der Waals surface area contributed by atoms with Crippen LogP contribution in [0.1, 0.15) is 32.3 Å². The van der Waals surface area contributed by atoms with Crippen LogP contribution in [0.15, 0.2) is 18.3 Å². The number of pyridine rings is 1. The second-order valence-corrected chi connectivity index (χ2v) is 3.83. The number of hydrogen-bond donors (Lipinski definition) is 2. The number of nitrogens with one attached hydrogen (secondary N) is 2. The summed E-state index contributed by atoms with van der Waals surface area (Å²) in [5.41, 5.74) is 1.08. The Morgan fingerprint density at radius 3 is 2.69 bits per heavy atom. The predicted octanol–water partition coefficient (Wildman–Crippen LogP) is 2.70. The van der Waals surface area contributed by atoms with Gasteiger partial charge in [0.25, 0.3) is 0 Å². The van der Waals surface area contributed by atoms with E-state index in [1.54, 1.807) is 6.20 Å². The van der Waals surface area contributed by atoms with E-state index in [9.17, 15) is 4.79 Å². The van der Waals surface area contributed by atoms with Crippen molar-refractivity contribution >= 4 is 11.8 Å². The smallest absolute Gasteiger partial charge is 0.320 e. The average Bonchev–Trinajstić information content (AvgIpc) is 2.26. The van der Waals surface area contributed by atoms with Crippen molar-refractivity contribution in [3.63, 3.8) is 0 Å². The zero-order chi connectivity index (χ0) is 12.0. The van der Waals surface area contributed by atoms with Crippen LogP contribution in [0, 0.1) is 6.92 Å². The van der Waals surface area contributed by atoms with Gasteiger partial charge in [0.05, 0.1) is 0 Å². The van der Waals surface area contributed by atoms with Gasteiger partial charge in [0.2, 0.25) is 0 Å². The summed E-state index contributed by atoms with van der Waals surface area (Å²) >= 11 is 0. The highest BCUT2D eigenvalue weighted by atomic mass is 16.2. The van der Waals surface area contributed by atoms with E-state index in [4.69, 9.17) is 0 Å². The molecule has 0 fully saturated rings. The van der Waals surface area contributed by atoms with Gasteiger partial charge < -0.3 is 5.32 Å². The Morgan fingerprint density at radius 1 is 1.44 bits per heavy atom. The molecule has 0 unspecified atom stereocenters. The second-order valence-electron chi connectivity index (χ2n) is 3.83. The van der Waals surface area contributed by atoms with Crippen molar-refractivity contribution in [2.45, 2.75) is 39.7 Å². The molecule has 0 spiro atoms. The molecule has 0 bridgehead atoms. The molecule has 0 saturated heterocycles. The first kappa shape index (κ1) is 12.5. The van der Waals surface area contributed by atoms with E-state index in [-0.39, 0.29) is 12.1 Å². The van der Waals surface area contributed by atoms with E-state index in [1.807, 2.05) is 19.1 Å². The molecular formula is C12H19N3O. The maximum absolute atomic E-state index is 11.6. The molecule has 0 aliphatic carbocycles. The van der Waals surface area contributed by atoms with Crippen LogP contribution in [0.4, 0.5) is 10.6 Å². The van der Waals surface area contributed by atoms with Gasteiger partial charge in [0.1, 0.15) is 5.82 Å². The molecule has 88 valence electrons. The van der Waals surface area contributed by atoms with Crippen LogP contribution in [0.3, 0.4) is 0 Å². The largest absolute Gasteiger partial charge is 0.335 e. The summed E-state index contributed by atoms with van der Waals surface area (Å²) in [6, 6.07) is 3.77. The molecule has 0 atom stereocenters. The topological polar surface area (TPSA) is 54.0 Å². The third-order valence-electron chi connectivity index (χ3n) is 2.48. The Bertz CT molecular complexity index is 348. The minimum absolute atomic E-state index is 0.188. The summed E-state index contributed by atoms with van der Waals surface area (Å²) in [6.45, 7) is 6.07. The van der Waals surface area contributed by atoms with Gasteiger partial charge in [-0.1, -0.05) is 13.8 Å². The van der Waals surface area contributed by atoms with Gasteiger partial charge in [-0.3, -0.25) is 5.32 Å². The average molecular weight is 221 g/mol. The standard InChI is InChI=1S/C12H19N3O/c1-4-10(5-2)14-12(16)15-11-8-9(3)6-7-13-11/h6-8,10H,4-5H2,1-3H3,(H2,13,14,15,16). The predicted molar refractivity (Wildman–Crippen MR) is 65.5 cm³/mol. The van der Waals surface area contributed by atoms with Crippen LogP contribution < -0.4 is 10.6 Å². The Kier molecular flexibility index (Phi) is 4.76. The molecular weight excluding hydrogens is 202 g/mol. The van der Waals surface area contributed by atoms with E-state index >= 15 is 0 Å². The van der Waals surface area contributed by atoms with Crippen LogP contribution in [-0.4, -0.2) is 17.1 Å². The highest BCUT2D eigenvalue weighted by Gasteiger charge is 2.08. The van der Waals surface area contributed by atoms with Gasteiger partial charge in [0, 0.05) is 12.2 Å². The molecule has 1 aromatic rings. The quantitative estimate of drug-likeness (QED) is 0.821. The minimum atomic E-state index is -0.188. The maximum Gasteiger partial charge on any atom is 0.320 e. The molecule has 0 aromatic carbocycles. The fourth-order valence-electron chi connectivity index (χ4n) is 1.44. The van der Waals surface area contributed by atoms with Gasteiger partial charge in [-0.2, -0.15) is 0 Å². The van der Waals surface area contributed by atoms with Crippen molar-refractivity contribution in [2.75, 3.05) is 5.32 Å². The number of carbonyl (C=O) groups is 1. The molecule has 4 nitrogen and oxygen atoms in total. The molecule has 0 radical (unpaired) electrons. The number of anilines is 1. The van der Waals surface area contributed by atoms with Crippen LogP contribution in [0.2, 0.25) is 0 Å². The first-order valence-electron chi connectivity index (χ1n) is 5.65. The summed E-state index contributed by atoms with van der Waals surface area (Å²) in [4.78, 5) is 15.7. The molecule has 2 N–H and O–H groups in total. The van der Waals surface area contributed by atoms with Gasteiger partial charge in [-0.15, -0.1) is 0 Å². The number of nitrogens with zero attached hydrogens (tertiary/aromatic N) is 1. The van der Waals surface area contributed by atoms with Crippen LogP contribution in [0.25, 0.3) is 0 Å². The number of amides is 2. The van der Waals surface area contributed by atoms with Gasteiger partial charge in [0.15, 0.2) is 0 Å². The second kappa shape index (κ2) is 6.10. The van der Waals surface area contributed by atoms with Crippen molar-refractivity contribution in [3.05, 3.63) is 23.9 Å². The molecule has 1 heterocycles. The van der Waals surface area contributed by atoms with E-state index in [1.165, 1.54) is 0 Å². The lowest BCUT2D eigenvalue weighted by Crippen LogP contribution is -2.37. The van der Waals surface area contributed by atoms with Crippen molar-refractivity contribution < 1.29 is 4.79 Å². The zero-order valence-corrected chi connectivity index (χ0v) is 10.1. The Balaban J connectivity index is 2.51. The minimum Gasteiger partial charge on any atom is -0.335 e. The van der Waals surface area contributed by atoms with Crippen molar-refractivity contribution in [1.29, 1.82) is 0 Å². The number of rotatable bonds is 4. The van der Waals surface area contributed by atoms with Crippen molar-refractivity contribution in [3.8, 4) is 0 Å². The first-order valence-corrected chi connectivity index (χ1v) is 5.65. The molecule has 1 rings (SSSR count). The summed E-state index contributed by atoms with van der Waals surface area (Å²) in [7, 11) is 0. The lowest BCUT2D eigenvalue weighted by molar-refractivity contribution is 0.247. The fourth-order valence-corrected chi connectivity index (χ4v) is 1.44. The molecule has 0 saturated carbocycles. The number of aromatic nitrogens is 1. The van der Waals surface area contributed by atoms with Gasteiger partial charge >= 0.3 is 6.03 Å². The Labute approximate surface area is 96.5 Å². The third-order valence-corrected chi connectivity index (χ3v) is 2.48. The SMILES string of the molecule is CCC(CC)NC(=O)Nc1cc(C)ccn1. The van der Waals surface area contributed by atoms with Gasteiger partial charge in [-0.25, -0.2) is 9.78 Å². The molecule has 2 amide bonds. The fraction of sp³-hybridized carbons (Fsp3) is 0.500. The normalized spacial score (nSPS) is 10.2. The highest BCUT2D eigenvalue weighted by Crippen LogP contribution is 2.05. The summed E-state index contributed by atoms with van der Waals surface area (Å²) in [5.74, 6) is 0.587. The molecule has 0 aliphatic heterocycles. The summed E-state index contributed by atoms with van der Waals surface area (Å²) < 4.78 is 0. The van der Waals surface area contributed by atoms with E-state index in [2.05, 4.69) is 29.5 Å². The maximum atomic E-state index is 11.6. The van der Waals surface area contributed by atoms with Gasteiger partial charge in [-0.05, 0) is 37.5 Å². The van der Waals surface area contributed by atoms with E-state index in [0.717, 1.165) is 18.4 Å². The lowest BCUT2D eigenvalue weighted by Gasteiger charge is -2.15. The molecule has 16 heavy (non-hydrogen) atoms. The van der Waals surface area contributed by atoms with Crippen LogP contribution in [0.5, 0.6) is 0 Å². The monoisotopic (exact) mass is 221 g/mol. The summed E-state index contributed by atoms with van der Waals surface area (Å²) in [5, 5.41) is 5.61. The number of carbonyl (C=O) groups excluding carboxylic acids is 1. The van der Waals surface area contributed by atoms with Crippen LogP contribution in [-0.2, 0) is 0 Å². The Hall–Kier alpha value is -1.58. The van der Waals surface area contributed by atoms with Crippen molar-refractivity contribution in [2.24, 2.45) is 0 Å². The Morgan fingerprint density at radius 2 is 2.12 bits per heavy atom. The van der Waals surface area contributed by atoms with Crippen LogP contribution >= 0.6 is 0 Å². The lowest BCUT2D eigenvalue weighted by atomic mass is 10.2. The number of urea groups is 1. The van der Waals surface area contributed by atoms with Crippen molar-refractivity contribution in [1.82, 2.24) is 10.3 Å². The first-order chi connectivity index (χ1) is 7.65. The third kappa shape index (κ3) is 3.88.